The van der Waals surface area contributed by atoms with Gasteiger partial charge in [0.2, 0.25) is 5.91 Å². The van der Waals surface area contributed by atoms with Gasteiger partial charge in [0.1, 0.15) is 5.75 Å². The molecule has 3 rings (SSSR count). The number of amides is 2. The zero-order valence-electron chi connectivity index (χ0n) is 15.9. The molecule has 1 fully saturated rings. The summed E-state index contributed by atoms with van der Waals surface area (Å²) in [4.78, 5) is 26.0. The van der Waals surface area contributed by atoms with Crippen molar-refractivity contribution in [2.45, 2.75) is 39.0 Å². The average molecular weight is 366 g/mol. The maximum Gasteiger partial charge on any atom is 0.262 e. The normalized spacial score (nSPS) is 14.9. The Morgan fingerprint density at radius 2 is 2.04 bits per heavy atom. The lowest BCUT2D eigenvalue weighted by molar-refractivity contribution is -0.118. The topological polar surface area (TPSA) is 58.6 Å². The Balaban J connectivity index is 1.61. The summed E-state index contributed by atoms with van der Waals surface area (Å²) in [5, 5.41) is 2.85. The van der Waals surface area contributed by atoms with Crippen molar-refractivity contribution in [2.24, 2.45) is 0 Å². The summed E-state index contributed by atoms with van der Waals surface area (Å²) in [7, 11) is 0. The van der Waals surface area contributed by atoms with E-state index in [2.05, 4.69) is 19.2 Å². The van der Waals surface area contributed by atoms with Crippen LogP contribution in [0, 0.1) is 0 Å². The first-order chi connectivity index (χ1) is 13.1. The second-order valence-corrected chi connectivity index (χ2v) is 6.88. The molecule has 1 N–H and O–H groups in total. The summed E-state index contributed by atoms with van der Waals surface area (Å²) in [6.45, 7) is 4.95. The van der Waals surface area contributed by atoms with Crippen LogP contribution in [-0.2, 0) is 9.59 Å². The number of rotatable bonds is 7. The van der Waals surface area contributed by atoms with E-state index in [9.17, 15) is 9.59 Å². The van der Waals surface area contributed by atoms with E-state index in [1.165, 1.54) is 0 Å². The fourth-order valence-corrected chi connectivity index (χ4v) is 3.25. The van der Waals surface area contributed by atoms with Crippen LogP contribution in [-0.4, -0.2) is 25.0 Å². The first kappa shape index (κ1) is 19.0. The first-order valence-corrected chi connectivity index (χ1v) is 9.50. The first-order valence-electron chi connectivity index (χ1n) is 9.50. The van der Waals surface area contributed by atoms with Gasteiger partial charge < -0.3 is 15.0 Å². The average Bonchev–Trinajstić information content (AvgIpc) is 3.12. The summed E-state index contributed by atoms with van der Waals surface area (Å²) in [5.41, 5.74) is 2.59. The van der Waals surface area contributed by atoms with Gasteiger partial charge in [0.25, 0.3) is 5.91 Å². The van der Waals surface area contributed by atoms with E-state index < -0.39 is 0 Å². The van der Waals surface area contributed by atoms with Gasteiger partial charge in [0, 0.05) is 24.3 Å². The number of hydrogen-bond acceptors (Lipinski definition) is 3. The minimum atomic E-state index is -0.223. The van der Waals surface area contributed by atoms with Crippen LogP contribution in [0.2, 0.25) is 0 Å². The highest BCUT2D eigenvalue weighted by Gasteiger charge is 2.21. The Hall–Kier alpha value is -2.82. The van der Waals surface area contributed by atoms with Gasteiger partial charge in [-0.25, -0.2) is 0 Å². The van der Waals surface area contributed by atoms with Crippen LogP contribution in [0.1, 0.15) is 44.6 Å². The summed E-state index contributed by atoms with van der Waals surface area (Å²) in [6.07, 6.45) is 2.47. The van der Waals surface area contributed by atoms with Crippen LogP contribution >= 0.6 is 0 Å². The molecule has 5 heteroatoms. The molecule has 1 aliphatic heterocycles. The molecule has 2 amide bonds. The van der Waals surface area contributed by atoms with E-state index in [1.807, 2.05) is 48.5 Å². The lowest BCUT2D eigenvalue weighted by atomic mass is 9.98. The predicted molar refractivity (Wildman–Crippen MR) is 107 cm³/mol. The Morgan fingerprint density at radius 1 is 1.22 bits per heavy atom. The quantitative estimate of drug-likeness (QED) is 0.793. The number of hydrogen-bond donors (Lipinski definition) is 1. The summed E-state index contributed by atoms with van der Waals surface area (Å²) in [6, 6.07) is 15.2. The van der Waals surface area contributed by atoms with Gasteiger partial charge in [-0.05, 0) is 48.6 Å². The number of para-hydroxylation sites is 1. The number of ether oxygens (including phenoxy) is 1. The molecule has 0 aromatic heterocycles. The van der Waals surface area contributed by atoms with Gasteiger partial charge in [-0.3, -0.25) is 9.59 Å². The van der Waals surface area contributed by atoms with Gasteiger partial charge in [-0.1, -0.05) is 38.1 Å². The van der Waals surface area contributed by atoms with E-state index in [0.29, 0.717) is 18.0 Å². The third kappa shape index (κ3) is 4.67. The second kappa shape index (κ2) is 8.71. The molecule has 1 aliphatic rings. The fraction of sp³-hybridized carbons (Fsp3) is 0.364. The second-order valence-electron chi connectivity index (χ2n) is 6.88. The molecule has 0 saturated carbocycles. The highest BCUT2D eigenvalue weighted by molar-refractivity contribution is 5.97. The Morgan fingerprint density at radius 3 is 2.78 bits per heavy atom. The third-order valence-corrected chi connectivity index (χ3v) is 4.94. The Kier molecular flexibility index (Phi) is 6.12. The predicted octanol–water partition coefficient (Wildman–Crippen LogP) is 4.34. The Labute approximate surface area is 160 Å². The van der Waals surface area contributed by atoms with E-state index in [1.54, 1.807) is 4.90 Å². The van der Waals surface area contributed by atoms with Gasteiger partial charge in [0.05, 0.1) is 0 Å². The van der Waals surface area contributed by atoms with E-state index >= 15 is 0 Å². The fourth-order valence-electron chi connectivity index (χ4n) is 3.25. The number of benzene rings is 2. The lowest BCUT2D eigenvalue weighted by Gasteiger charge is -2.17. The third-order valence-electron chi connectivity index (χ3n) is 4.94. The van der Waals surface area contributed by atoms with Crippen molar-refractivity contribution >= 4 is 23.2 Å². The Bertz CT molecular complexity index is 819. The number of carbonyl (C=O) groups is 2. The number of nitrogens with one attached hydrogen (secondary N) is 1. The molecule has 1 saturated heterocycles. The minimum Gasteiger partial charge on any atom is -0.483 e. The van der Waals surface area contributed by atoms with Crippen molar-refractivity contribution in [1.29, 1.82) is 0 Å². The molecule has 1 heterocycles. The van der Waals surface area contributed by atoms with Crippen LogP contribution in [0.15, 0.2) is 48.5 Å². The summed E-state index contributed by atoms with van der Waals surface area (Å²) < 4.78 is 5.76. The summed E-state index contributed by atoms with van der Waals surface area (Å²) >= 11 is 0. The number of nitrogens with zero attached hydrogens (tertiary/aromatic N) is 1. The number of carbonyl (C=O) groups excluding carboxylic acids is 2. The van der Waals surface area contributed by atoms with E-state index in [0.717, 1.165) is 36.4 Å². The summed E-state index contributed by atoms with van der Waals surface area (Å²) in [5.74, 6) is 1.03. The van der Waals surface area contributed by atoms with Gasteiger partial charge >= 0.3 is 0 Å². The smallest absolute Gasteiger partial charge is 0.262 e. The molecule has 0 aliphatic carbocycles. The number of anilines is 2. The standard InChI is InChI=1S/C22H26N2O3/c1-3-16(2)19-10-4-5-11-20(19)27-15-21(25)23-17-8-6-9-18(14-17)24-13-7-12-22(24)26/h4-6,8-11,14,16H,3,7,12-13,15H2,1-2H3,(H,23,25)/t16-/m0/s1. The van der Waals surface area contributed by atoms with Crippen LogP contribution < -0.4 is 15.0 Å². The molecule has 2 aromatic rings. The highest BCUT2D eigenvalue weighted by Crippen LogP contribution is 2.28. The SMILES string of the molecule is CC[C@H](C)c1ccccc1OCC(=O)Nc1cccc(N2CCCC2=O)c1. The van der Waals surface area contributed by atoms with Crippen molar-refractivity contribution < 1.29 is 14.3 Å². The molecule has 27 heavy (non-hydrogen) atoms. The maximum absolute atomic E-state index is 12.3. The molecular formula is C22H26N2O3. The van der Waals surface area contributed by atoms with Crippen molar-refractivity contribution in [3.05, 3.63) is 54.1 Å². The van der Waals surface area contributed by atoms with Crippen molar-refractivity contribution in [3.8, 4) is 5.75 Å². The van der Waals surface area contributed by atoms with E-state index in [4.69, 9.17) is 4.74 Å². The zero-order chi connectivity index (χ0) is 19.2. The van der Waals surface area contributed by atoms with Crippen LogP contribution in [0.5, 0.6) is 5.75 Å². The van der Waals surface area contributed by atoms with Crippen molar-refractivity contribution in [2.75, 3.05) is 23.4 Å². The van der Waals surface area contributed by atoms with Gasteiger partial charge in [-0.15, -0.1) is 0 Å². The minimum absolute atomic E-state index is 0.0552. The highest BCUT2D eigenvalue weighted by atomic mass is 16.5. The molecule has 0 bridgehead atoms. The molecular weight excluding hydrogens is 340 g/mol. The van der Waals surface area contributed by atoms with Crippen molar-refractivity contribution in [1.82, 2.24) is 0 Å². The van der Waals surface area contributed by atoms with Crippen LogP contribution in [0.3, 0.4) is 0 Å². The lowest BCUT2D eigenvalue weighted by Crippen LogP contribution is -2.24. The molecule has 0 unspecified atom stereocenters. The van der Waals surface area contributed by atoms with Crippen LogP contribution in [0.25, 0.3) is 0 Å². The molecule has 142 valence electrons. The molecule has 2 aromatic carbocycles. The van der Waals surface area contributed by atoms with Gasteiger partial charge in [0.15, 0.2) is 6.61 Å². The molecule has 5 nitrogen and oxygen atoms in total. The monoisotopic (exact) mass is 366 g/mol. The van der Waals surface area contributed by atoms with E-state index in [-0.39, 0.29) is 18.4 Å². The zero-order valence-corrected chi connectivity index (χ0v) is 15.9. The van der Waals surface area contributed by atoms with Crippen molar-refractivity contribution in [3.63, 3.8) is 0 Å². The molecule has 0 spiro atoms. The largest absolute Gasteiger partial charge is 0.483 e. The maximum atomic E-state index is 12.3. The molecule has 1 atom stereocenters. The molecule has 0 radical (unpaired) electrons. The van der Waals surface area contributed by atoms with Gasteiger partial charge in [-0.2, -0.15) is 0 Å². The van der Waals surface area contributed by atoms with Crippen LogP contribution in [0.4, 0.5) is 11.4 Å².